The van der Waals surface area contributed by atoms with Gasteiger partial charge in [-0.05, 0) is 48.0 Å². The zero-order valence-corrected chi connectivity index (χ0v) is 14.0. The Kier molecular flexibility index (Phi) is 4.90. The van der Waals surface area contributed by atoms with Crippen molar-refractivity contribution in [2.24, 2.45) is 0 Å². The number of terminal acetylenes is 1. The number of carbonyl (C=O) groups excluding carboxylic acids is 3. The van der Waals surface area contributed by atoms with Gasteiger partial charge in [0, 0.05) is 0 Å². The van der Waals surface area contributed by atoms with Crippen LogP contribution in [0.5, 0.6) is 11.5 Å². The van der Waals surface area contributed by atoms with Gasteiger partial charge < -0.3 is 9.84 Å². The normalized spacial score (nSPS) is 15.4. The molecule has 134 valence electrons. The maximum atomic E-state index is 12.7. The standard InChI is InChI=1S/C20H14N2O5/c1-2-11-27-16-9-3-13(4-10-16)12-17-18(24)21-20(26)22(19(17)25)14-5-7-15(23)8-6-14/h1,3-10,12,23H,11H2,(H,21,24,26)/b17-12+. The van der Waals surface area contributed by atoms with E-state index in [1.165, 1.54) is 30.3 Å². The summed E-state index contributed by atoms with van der Waals surface area (Å²) in [4.78, 5) is 37.8. The van der Waals surface area contributed by atoms with Crippen molar-refractivity contribution in [3.05, 3.63) is 59.7 Å². The zero-order valence-electron chi connectivity index (χ0n) is 14.0. The molecule has 4 amide bonds. The van der Waals surface area contributed by atoms with Crippen molar-refractivity contribution >= 4 is 29.6 Å². The molecule has 3 rings (SSSR count). The largest absolute Gasteiger partial charge is 0.508 e. The van der Waals surface area contributed by atoms with Crippen molar-refractivity contribution in [1.82, 2.24) is 5.32 Å². The number of carbonyl (C=O) groups is 3. The summed E-state index contributed by atoms with van der Waals surface area (Å²) >= 11 is 0. The second-order valence-corrected chi connectivity index (χ2v) is 5.54. The molecule has 0 aromatic heterocycles. The second-order valence-electron chi connectivity index (χ2n) is 5.54. The van der Waals surface area contributed by atoms with Crippen LogP contribution in [0.2, 0.25) is 0 Å². The van der Waals surface area contributed by atoms with Crippen LogP contribution in [-0.2, 0) is 9.59 Å². The van der Waals surface area contributed by atoms with E-state index in [-0.39, 0.29) is 23.6 Å². The summed E-state index contributed by atoms with van der Waals surface area (Å²) in [7, 11) is 0. The number of ether oxygens (including phenoxy) is 1. The van der Waals surface area contributed by atoms with E-state index in [1.807, 2.05) is 0 Å². The molecule has 0 unspecified atom stereocenters. The number of amides is 4. The Bertz CT molecular complexity index is 969. The molecule has 0 atom stereocenters. The number of barbiturate groups is 1. The molecule has 0 bridgehead atoms. The minimum Gasteiger partial charge on any atom is -0.508 e. The van der Waals surface area contributed by atoms with Gasteiger partial charge in [0.1, 0.15) is 23.7 Å². The number of urea groups is 1. The molecule has 2 N–H and O–H groups in total. The second kappa shape index (κ2) is 7.45. The summed E-state index contributed by atoms with van der Waals surface area (Å²) in [5, 5.41) is 11.5. The number of imide groups is 2. The molecular formula is C20H14N2O5. The molecule has 1 aliphatic rings. The van der Waals surface area contributed by atoms with Gasteiger partial charge in [-0.15, -0.1) is 6.42 Å². The molecule has 27 heavy (non-hydrogen) atoms. The van der Waals surface area contributed by atoms with Crippen LogP contribution in [-0.4, -0.2) is 29.6 Å². The van der Waals surface area contributed by atoms with E-state index in [0.29, 0.717) is 11.3 Å². The Hall–Kier alpha value is -4.05. The molecule has 2 aromatic carbocycles. The maximum Gasteiger partial charge on any atom is 0.335 e. The Labute approximate surface area is 154 Å². The van der Waals surface area contributed by atoms with E-state index in [1.54, 1.807) is 24.3 Å². The van der Waals surface area contributed by atoms with Crippen molar-refractivity contribution in [2.45, 2.75) is 0 Å². The molecule has 1 saturated heterocycles. The van der Waals surface area contributed by atoms with E-state index in [9.17, 15) is 19.5 Å². The molecule has 0 radical (unpaired) electrons. The van der Waals surface area contributed by atoms with Crippen LogP contribution in [0, 0.1) is 12.3 Å². The van der Waals surface area contributed by atoms with Gasteiger partial charge in [0.2, 0.25) is 0 Å². The van der Waals surface area contributed by atoms with Crippen LogP contribution >= 0.6 is 0 Å². The monoisotopic (exact) mass is 362 g/mol. The number of hydrogen-bond acceptors (Lipinski definition) is 5. The van der Waals surface area contributed by atoms with Gasteiger partial charge in [0.05, 0.1) is 5.69 Å². The highest BCUT2D eigenvalue weighted by atomic mass is 16.5. The van der Waals surface area contributed by atoms with E-state index in [2.05, 4.69) is 11.2 Å². The molecule has 0 spiro atoms. The highest BCUT2D eigenvalue weighted by Gasteiger charge is 2.36. The molecule has 1 aliphatic heterocycles. The number of rotatable bonds is 4. The van der Waals surface area contributed by atoms with Crippen LogP contribution in [0.25, 0.3) is 6.08 Å². The van der Waals surface area contributed by atoms with Crippen LogP contribution in [0.15, 0.2) is 54.1 Å². The first-order valence-electron chi connectivity index (χ1n) is 7.86. The Morgan fingerprint density at radius 1 is 1.07 bits per heavy atom. The smallest absolute Gasteiger partial charge is 0.335 e. The zero-order chi connectivity index (χ0) is 19.4. The summed E-state index contributed by atoms with van der Waals surface area (Å²) < 4.78 is 5.26. The van der Waals surface area contributed by atoms with Crippen LogP contribution in [0.1, 0.15) is 5.56 Å². The predicted molar refractivity (Wildman–Crippen MR) is 97.9 cm³/mol. The van der Waals surface area contributed by atoms with Gasteiger partial charge in [-0.2, -0.15) is 0 Å². The van der Waals surface area contributed by atoms with E-state index < -0.39 is 17.8 Å². The van der Waals surface area contributed by atoms with Gasteiger partial charge in [-0.1, -0.05) is 18.1 Å². The molecule has 1 fully saturated rings. The molecule has 2 aromatic rings. The van der Waals surface area contributed by atoms with Crippen LogP contribution in [0.4, 0.5) is 10.5 Å². The van der Waals surface area contributed by atoms with Crippen molar-refractivity contribution in [3.63, 3.8) is 0 Å². The van der Waals surface area contributed by atoms with Gasteiger partial charge in [0.25, 0.3) is 11.8 Å². The number of phenolic OH excluding ortho intramolecular Hbond substituents is 1. The fourth-order valence-electron chi connectivity index (χ4n) is 2.45. The lowest BCUT2D eigenvalue weighted by Gasteiger charge is -2.26. The van der Waals surface area contributed by atoms with Crippen LogP contribution < -0.4 is 15.0 Å². The summed E-state index contributed by atoms with van der Waals surface area (Å²) in [5.74, 6) is 1.34. The minimum absolute atomic E-state index is 0.0115. The van der Waals surface area contributed by atoms with Crippen molar-refractivity contribution in [3.8, 4) is 23.8 Å². The third kappa shape index (κ3) is 3.80. The van der Waals surface area contributed by atoms with Gasteiger partial charge in [-0.3, -0.25) is 14.9 Å². The SMILES string of the molecule is C#CCOc1ccc(/C=C2\C(=O)NC(=O)N(c3ccc(O)cc3)C2=O)cc1. The summed E-state index contributed by atoms with van der Waals surface area (Å²) in [6.07, 6.45) is 6.51. The fraction of sp³-hybridized carbons (Fsp3) is 0.0500. The first-order chi connectivity index (χ1) is 13.0. The number of benzene rings is 2. The van der Waals surface area contributed by atoms with E-state index >= 15 is 0 Å². The minimum atomic E-state index is -0.856. The first kappa shape index (κ1) is 17.8. The predicted octanol–water partition coefficient (Wildman–Crippen LogP) is 2.07. The van der Waals surface area contributed by atoms with Gasteiger partial charge >= 0.3 is 6.03 Å². The average Bonchev–Trinajstić information content (AvgIpc) is 2.66. The molecular weight excluding hydrogens is 348 g/mol. The van der Waals surface area contributed by atoms with Crippen molar-refractivity contribution in [2.75, 3.05) is 11.5 Å². The quantitative estimate of drug-likeness (QED) is 0.493. The maximum absolute atomic E-state index is 12.7. The number of hydrogen-bond donors (Lipinski definition) is 2. The van der Waals surface area contributed by atoms with Gasteiger partial charge in [-0.25, -0.2) is 9.69 Å². The Balaban J connectivity index is 1.89. The highest BCUT2D eigenvalue weighted by molar-refractivity contribution is 6.39. The third-order valence-corrected chi connectivity index (χ3v) is 3.72. The fourth-order valence-corrected chi connectivity index (χ4v) is 2.45. The van der Waals surface area contributed by atoms with Gasteiger partial charge in [0.15, 0.2) is 0 Å². The summed E-state index contributed by atoms with van der Waals surface area (Å²) in [6, 6.07) is 11.2. The number of phenols is 1. The van der Waals surface area contributed by atoms with Crippen molar-refractivity contribution < 1.29 is 24.2 Å². The lowest BCUT2D eigenvalue weighted by atomic mass is 10.1. The molecule has 0 aliphatic carbocycles. The average molecular weight is 362 g/mol. The van der Waals surface area contributed by atoms with Crippen molar-refractivity contribution in [1.29, 1.82) is 0 Å². The van der Waals surface area contributed by atoms with E-state index in [4.69, 9.17) is 11.2 Å². The third-order valence-electron chi connectivity index (χ3n) is 3.72. The molecule has 0 saturated carbocycles. The number of nitrogens with zero attached hydrogens (tertiary/aromatic N) is 1. The van der Waals surface area contributed by atoms with E-state index in [0.717, 1.165) is 4.90 Å². The highest BCUT2D eigenvalue weighted by Crippen LogP contribution is 2.24. The number of anilines is 1. The lowest BCUT2D eigenvalue weighted by molar-refractivity contribution is -0.122. The topological polar surface area (TPSA) is 95.9 Å². The first-order valence-corrected chi connectivity index (χ1v) is 7.86. The molecule has 1 heterocycles. The molecule has 7 heteroatoms. The Morgan fingerprint density at radius 2 is 1.74 bits per heavy atom. The number of aromatic hydroxyl groups is 1. The summed E-state index contributed by atoms with van der Waals surface area (Å²) in [5.41, 5.74) is 0.605. The Morgan fingerprint density at radius 3 is 2.37 bits per heavy atom. The summed E-state index contributed by atoms with van der Waals surface area (Å²) in [6.45, 7) is 0.130. The molecule has 7 nitrogen and oxygen atoms in total. The number of nitrogens with one attached hydrogen (secondary N) is 1. The van der Waals surface area contributed by atoms with Crippen LogP contribution in [0.3, 0.4) is 0 Å². The lowest BCUT2D eigenvalue weighted by Crippen LogP contribution is -2.54.